The van der Waals surface area contributed by atoms with Gasteiger partial charge in [-0.05, 0) is 67.4 Å². The molecular weight excluding hydrogens is 579 g/mol. The molecule has 0 aliphatic rings. The van der Waals surface area contributed by atoms with Crippen molar-refractivity contribution in [3.63, 3.8) is 0 Å². The molecule has 0 radical (unpaired) electrons. The minimum atomic E-state index is -1.12. The first-order valence-electron chi connectivity index (χ1n) is 12.9. The standard InChI is InChI=1S/C31H30ClFN4O4S/c1-19-15-20(2)35-31(34-19)42-18-28(38)37(17-21-5-9-23(32)10-6-21)29(22-7-11-24(33)12-8-22)30(39)36-26-14-13-25(40-3)16-27(26)41-4/h5-16,29H,17-18H2,1-4H3,(H,36,39). The zero-order chi connectivity index (χ0) is 30.2. The number of thioether (sulfide) groups is 1. The zero-order valence-corrected chi connectivity index (χ0v) is 25.1. The average Bonchev–Trinajstić information content (AvgIpc) is 2.97. The van der Waals surface area contributed by atoms with E-state index in [1.807, 2.05) is 19.9 Å². The molecule has 0 saturated heterocycles. The van der Waals surface area contributed by atoms with Crippen molar-refractivity contribution < 1.29 is 23.5 Å². The Kier molecular flexibility index (Phi) is 10.4. The molecule has 1 N–H and O–H groups in total. The SMILES string of the molecule is COc1ccc(NC(=O)C(c2ccc(F)cc2)N(Cc2ccc(Cl)cc2)C(=O)CSc2nc(C)cc(C)n2)c(OC)c1. The van der Waals surface area contributed by atoms with Gasteiger partial charge in [0, 0.05) is 29.0 Å². The number of nitrogens with one attached hydrogen (secondary N) is 1. The molecule has 0 aliphatic carbocycles. The molecule has 0 bridgehead atoms. The summed E-state index contributed by atoms with van der Waals surface area (Å²) < 4.78 is 24.7. The Bertz CT molecular complexity index is 1530. The fourth-order valence-electron chi connectivity index (χ4n) is 4.30. The average molecular weight is 609 g/mol. The van der Waals surface area contributed by atoms with Gasteiger partial charge in [-0.15, -0.1) is 0 Å². The van der Waals surface area contributed by atoms with Crippen molar-refractivity contribution in [2.75, 3.05) is 25.3 Å². The summed E-state index contributed by atoms with van der Waals surface area (Å²) in [5.41, 5.74) is 3.13. The monoisotopic (exact) mass is 608 g/mol. The number of hydrogen-bond acceptors (Lipinski definition) is 7. The van der Waals surface area contributed by atoms with Gasteiger partial charge in [0.25, 0.3) is 5.91 Å². The largest absolute Gasteiger partial charge is 0.497 e. The summed E-state index contributed by atoms with van der Waals surface area (Å²) in [4.78, 5) is 38.3. The van der Waals surface area contributed by atoms with Crippen molar-refractivity contribution in [3.05, 3.63) is 106 Å². The van der Waals surface area contributed by atoms with Gasteiger partial charge in [0.1, 0.15) is 23.4 Å². The van der Waals surface area contributed by atoms with Gasteiger partial charge in [0.05, 0.1) is 25.7 Å². The molecule has 0 fully saturated rings. The Morgan fingerprint density at radius 1 is 0.952 bits per heavy atom. The maximum absolute atomic E-state index is 14.0. The highest BCUT2D eigenvalue weighted by Gasteiger charge is 2.32. The van der Waals surface area contributed by atoms with Gasteiger partial charge in [-0.3, -0.25) is 9.59 Å². The highest BCUT2D eigenvalue weighted by atomic mass is 35.5. The van der Waals surface area contributed by atoms with Crippen molar-refractivity contribution in [2.24, 2.45) is 0 Å². The quantitative estimate of drug-likeness (QED) is 0.155. The van der Waals surface area contributed by atoms with Crippen LogP contribution in [0.5, 0.6) is 11.5 Å². The molecule has 4 aromatic rings. The molecule has 42 heavy (non-hydrogen) atoms. The topological polar surface area (TPSA) is 93.7 Å². The molecule has 8 nitrogen and oxygen atoms in total. The molecule has 0 aliphatic heterocycles. The molecule has 1 unspecified atom stereocenters. The zero-order valence-electron chi connectivity index (χ0n) is 23.6. The van der Waals surface area contributed by atoms with Gasteiger partial charge >= 0.3 is 0 Å². The predicted molar refractivity (Wildman–Crippen MR) is 162 cm³/mol. The Morgan fingerprint density at radius 3 is 2.24 bits per heavy atom. The Morgan fingerprint density at radius 2 is 1.62 bits per heavy atom. The van der Waals surface area contributed by atoms with E-state index in [0.717, 1.165) is 17.0 Å². The molecule has 4 rings (SSSR count). The van der Waals surface area contributed by atoms with E-state index in [2.05, 4.69) is 15.3 Å². The highest BCUT2D eigenvalue weighted by Crippen LogP contribution is 2.32. The predicted octanol–water partition coefficient (Wildman–Crippen LogP) is 6.40. The molecule has 218 valence electrons. The second-order valence-corrected chi connectivity index (χ2v) is 10.8. The first-order valence-corrected chi connectivity index (χ1v) is 14.3. The fourth-order valence-corrected chi connectivity index (χ4v) is 5.26. The summed E-state index contributed by atoms with van der Waals surface area (Å²) in [5.74, 6) is -0.437. The third kappa shape index (κ3) is 7.98. The molecular formula is C31H30ClFN4O4S. The number of methoxy groups -OCH3 is 2. The fraction of sp³-hybridized carbons (Fsp3) is 0.226. The Balaban J connectivity index is 1.72. The number of rotatable bonds is 11. The van der Waals surface area contributed by atoms with Gasteiger partial charge < -0.3 is 19.7 Å². The van der Waals surface area contributed by atoms with E-state index < -0.39 is 17.8 Å². The summed E-state index contributed by atoms with van der Waals surface area (Å²) in [5, 5.41) is 3.88. The minimum absolute atomic E-state index is 0.0344. The number of carbonyl (C=O) groups is 2. The van der Waals surface area contributed by atoms with E-state index in [1.165, 1.54) is 55.1 Å². The van der Waals surface area contributed by atoms with E-state index in [-0.39, 0.29) is 18.2 Å². The van der Waals surface area contributed by atoms with Crippen LogP contribution in [0.15, 0.2) is 78.0 Å². The van der Waals surface area contributed by atoms with Crippen LogP contribution in [-0.2, 0) is 16.1 Å². The number of anilines is 1. The third-order valence-corrected chi connectivity index (χ3v) is 7.37. The Hall–Kier alpha value is -4.15. The number of nitrogens with zero attached hydrogens (tertiary/aromatic N) is 3. The van der Waals surface area contributed by atoms with Crippen molar-refractivity contribution >= 4 is 40.9 Å². The van der Waals surface area contributed by atoms with Crippen LogP contribution in [0.4, 0.5) is 10.1 Å². The van der Waals surface area contributed by atoms with E-state index in [1.54, 1.807) is 42.5 Å². The lowest BCUT2D eigenvalue weighted by atomic mass is 10.0. The summed E-state index contributed by atoms with van der Waals surface area (Å²) >= 11 is 7.28. The molecule has 2 amide bonds. The third-order valence-electron chi connectivity index (χ3n) is 6.29. The number of carbonyl (C=O) groups excluding carboxylic acids is 2. The molecule has 1 atom stereocenters. The van der Waals surface area contributed by atoms with Gasteiger partial charge in [-0.25, -0.2) is 14.4 Å². The summed E-state index contributed by atoms with van der Waals surface area (Å²) in [6, 6.07) is 18.2. The van der Waals surface area contributed by atoms with Crippen LogP contribution in [-0.4, -0.2) is 46.7 Å². The lowest BCUT2D eigenvalue weighted by molar-refractivity contribution is -0.137. The van der Waals surface area contributed by atoms with Crippen molar-refractivity contribution in [3.8, 4) is 11.5 Å². The van der Waals surface area contributed by atoms with Crippen LogP contribution in [0.2, 0.25) is 5.02 Å². The molecule has 11 heteroatoms. The first kappa shape index (κ1) is 30.8. The van der Waals surface area contributed by atoms with Crippen molar-refractivity contribution in [1.29, 1.82) is 0 Å². The summed E-state index contributed by atoms with van der Waals surface area (Å²) in [7, 11) is 3.00. The van der Waals surface area contributed by atoms with Crippen LogP contribution in [0, 0.1) is 19.7 Å². The normalized spacial score (nSPS) is 11.5. The smallest absolute Gasteiger partial charge is 0.251 e. The van der Waals surface area contributed by atoms with Gasteiger partial charge in [0.2, 0.25) is 5.91 Å². The van der Waals surface area contributed by atoms with Crippen LogP contribution < -0.4 is 14.8 Å². The van der Waals surface area contributed by atoms with E-state index in [9.17, 15) is 14.0 Å². The molecule has 3 aromatic carbocycles. The maximum atomic E-state index is 14.0. The van der Waals surface area contributed by atoms with Crippen LogP contribution in [0.25, 0.3) is 0 Å². The number of amides is 2. The minimum Gasteiger partial charge on any atom is -0.497 e. The van der Waals surface area contributed by atoms with E-state index in [4.69, 9.17) is 21.1 Å². The van der Waals surface area contributed by atoms with E-state index >= 15 is 0 Å². The van der Waals surface area contributed by atoms with Crippen molar-refractivity contribution in [2.45, 2.75) is 31.6 Å². The van der Waals surface area contributed by atoms with Gasteiger partial charge in [0.15, 0.2) is 5.16 Å². The highest BCUT2D eigenvalue weighted by molar-refractivity contribution is 7.99. The first-order chi connectivity index (χ1) is 20.2. The second kappa shape index (κ2) is 14.2. The van der Waals surface area contributed by atoms with Gasteiger partial charge in [-0.2, -0.15) is 0 Å². The molecule has 1 aromatic heterocycles. The lowest BCUT2D eigenvalue weighted by Gasteiger charge is -2.32. The van der Waals surface area contributed by atoms with Gasteiger partial charge in [-0.1, -0.05) is 47.6 Å². The van der Waals surface area contributed by atoms with E-state index in [0.29, 0.717) is 32.9 Å². The summed E-state index contributed by atoms with van der Waals surface area (Å²) in [6.07, 6.45) is 0. The number of halogens is 2. The lowest BCUT2D eigenvalue weighted by Crippen LogP contribution is -2.42. The molecule has 1 heterocycles. The van der Waals surface area contributed by atoms with Crippen LogP contribution in [0.3, 0.4) is 0 Å². The van der Waals surface area contributed by atoms with Crippen LogP contribution in [0.1, 0.15) is 28.6 Å². The number of hydrogen-bond donors (Lipinski definition) is 1. The van der Waals surface area contributed by atoms with Crippen molar-refractivity contribution in [1.82, 2.24) is 14.9 Å². The number of aryl methyl sites for hydroxylation is 2. The second-order valence-electron chi connectivity index (χ2n) is 9.38. The molecule has 0 spiro atoms. The Labute approximate surface area is 253 Å². The number of benzene rings is 3. The number of ether oxygens (including phenoxy) is 2. The van der Waals surface area contributed by atoms with Crippen LogP contribution >= 0.6 is 23.4 Å². The maximum Gasteiger partial charge on any atom is 0.251 e. The molecule has 0 saturated carbocycles. The summed E-state index contributed by atoms with van der Waals surface area (Å²) in [6.45, 7) is 3.80. The number of aromatic nitrogens is 2.